The van der Waals surface area contributed by atoms with Crippen molar-refractivity contribution in [3.63, 3.8) is 0 Å². The average Bonchev–Trinajstić information content (AvgIpc) is 3.49. The van der Waals surface area contributed by atoms with Crippen LogP contribution in [-0.4, -0.2) is 66.8 Å². The fraction of sp³-hybridized carbons (Fsp3) is 0.478. The zero-order chi connectivity index (χ0) is 20.7. The molecule has 3 aliphatic heterocycles. The van der Waals surface area contributed by atoms with Gasteiger partial charge in [-0.3, -0.25) is 9.59 Å². The van der Waals surface area contributed by atoms with Crippen molar-refractivity contribution in [1.82, 2.24) is 15.2 Å². The summed E-state index contributed by atoms with van der Waals surface area (Å²) in [5.41, 5.74) is 1.64. The number of hydrogen-bond donors (Lipinski definition) is 2. The summed E-state index contributed by atoms with van der Waals surface area (Å²) in [6.45, 7) is 2.26. The van der Waals surface area contributed by atoms with Crippen molar-refractivity contribution in [2.45, 2.75) is 24.5 Å². The molecular formula is C23H27N3O4. The molecule has 3 unspecified atom stereocenters. The van der Waals surface area contributed by atoms with Crippen LogP contribution < -0.4 is 5.32 Å². The number of rotatable bonds is 8. The third-order valence-corrected chi connectivity index (χ3v) is 6.63. The van der Waals surface area contributed by atoms with E-state index in [1.54, 1.807) is 7.11 Å². The van der Waals surface area contributed by atoms with Crippen LogP contribution in [0.2, 0.25) is 0 Å². The highest BCUT2D eigenvalue weighted by Gasteiger charge is 2.66. The molecule has 158 valence electrons. The van der Waals surface area contributed by atoms with Gasteiger partial charge in [-0.15, -0.1) is 0 Å². The van der Waals surface area contributed by atoms with E-state index in [4.69, 9.17) is 9.47 Å². The Kier molecular flexibility index (Phi) is 4.87. The molecule has 0 saturated carbocycles. The second-order valence-corrected chi connectivity index (χ2v) is 8.41. The predicted molar refractivity (Wildman–Crippen MR) is 112 cm³/mol. The molecule has 0 radical (unpaired) electrons. The van der Waals surface area contributed by atoms with Crippen molar-refractivity contribution in [1.29, 1.82) is 0 Å². The maximum Gasteiger partial charge on any atom is 0.230 e. The first-order chi connectivity index (χ1) is 14.6. The Morgan fingerprint density at radius 2 is 2.27 bits per heavy atom. The number of ether oxygens (including phenoxy) is 2. The molecule has 7 nitrogen and oxygen atoms in total. The summed E-state index contributed by atoms with van der Waals surface area (Å²) in [5.74, 6) is -0.959. The Morgan fingerprint density at radius 1 is 1.40 bits per heavy atom. The van der Waals surface area contributed by atoms with Crippen molar-refractivity contribution in [2.75, 3.05) is 33.4 Å². The van der Waals surface area contributed by atoms with Gasteiger partial charge < -0.3 is 24.7 Å². The SMILES string of the molecule is COCCCNC(=O)C1C2C=C[C@]3(CN(CCc4c[nH]c5ccccc45)C(=O)C13)O2. The number of likely N-dealkylation sites (tertiary alicyclic amines) is 1. The quantitative estimate of drug-likeness (QED) is 0.513. The first kappa shape index (κ1) is 19.3. The maximum atomic E-state index is 13.3. The van der Waals surface area contributed by atoms with E-state index in [0.29, 0.717) is 26.2 Å². The van der Waals surface area contributed by atoms with Crippen LogP contribution >= 0.6 is 0 Å². The van der Waals surface area contributed by atoms with Crippen molar-refractivity contribution in [2.24, 2.45) is 11.8 Å². The van der Waals surface area contributed by atoms with Gasteiger partial charge in [0.15, 0.2) is 0 Å². The molecule has 4 atom stereocenters. The summed E-state index contributed by atoms with van der Waals surface area (Å²) in [4.78, 5) is 31.3. The summed E-state index contributed by atoms with van der Waals surface area (Å²) in [5, 5.41) is 4.14. The van der Waals surface area contributed by atoms with Crippen molar-refractivity contribution in [3.8, 4) is 0 Å². The highest BCUT2D eigenvalue weighted by molar-refractivity contribution is 5.93. The number of para-hydroxylation sites is 1. The molecule has 5 rings (SSSR count). The van der Waals surface area contributed by atoms with Crippen LogP contribution in [-0.2, 0) is 25.5 Å². The molecule has 3 aliphatic rings. The van der Waals surface area contributed by atoms with Crippen LogP contribution in [0.1, 0.15) is 12.0 Å². The lowest BCUT2D eigenvalue weighted by Crippen LogP contribution is -2.44. The molecule has 4 heterocycles. The van der Waals surface area contributed by atoms with Gasteiger partial charge >= 0.3 is 0 Å². The van der Waals surface area contributed by atoms with E-state index in [1.807, 2.05) is 35.4 Å². The number of carbonyl (C=O) groups is 2. The van der Waals surface area contributed by atoms with Gasteiger partial charge in [0.1, 0.15) is 5.60 Å². The summed E-state index contributed by atoms with van der Waals surface area (Å²) in [7, 11) is 1.64. The van der Waals surface area contributed by atoms with E-state index in [-0.39, 0.29) is 17.9 Å². The third-order valence-electron chi connectivity index (χ3n) is 6.63. The Bertz CT molecular complexity index is 999. The van der Waals surface area contributed by atoms with Gasteiger partial charge in [0.25, 0.3) is 0 Å². The van der Waals surface area contributed by atoms with E-state index >= 15 is 0 Å². The second-order valence-electron chi connectivity index (χ2n) is 8.41. The lowest BCUT2D eigenvalue weighted by molar-refractivity contribution is -0.137. The number of carbonyl (C=O) groups excluding carboxylic acids is 2. The summed E-state index contributed by atoms with van der Waals surface area (Å²) >= 11 is 0. The summed E-state index contributed by atoms with van der Waals surface area (Å²) in [6, 6.07) is 8.18. The van der Waals surface area contributed by atoms with Gasteiger partial charge in [-0.05, 0) is 24.5 Å². The number of aromatic amines is 1. The molecule has 2 N–H and O–H groups in total. The van der Waals surface area contributed by atoms with Gasteiger partial charge in [0, 0.05) is 43.9 Å². The highest BCUT2D eigenvalue weighted by Crippen LogP contribution is 2.51. The fourth-order valence-electron chi connectivity index (χ4n) is 5.21. The van der Waals surface area contributed by atoms with Crippen molar-refractivity contribution in [3.05, 3.63) is 48.2 Å². The lowest BCUT2D eigenvalue weighted by Gasteiger charge is -2.23. The largest absolute Gasteiger partial charge is 0.385 e. The molecule has 2 amide bonds. The van der Waals surface area contributed by atoms with Crippen LogP contribution in [0, 0.1) is 11.8 Å². The molecule has 1 aromatic heterocycles. The number of nitrogens with one attached hydrogen (secondary N) is 2. The standard InChI is InChI=1S/C23H27N3O4/c1-29-12-4-10-24-21(27)19-18-7-9-23(30-18)14-26(22(28)20(19)23)11-8-15-13-25-17-6-3-2-5-16(15)17/h2-3,5-7,9,13,18-20,25H,4,8,10-12,14H2,1H3,(H,24,27)/t18?,19?,20?,23-/m1/s1. The smallest absolute Gasteiger partial charge is 0.230 e. The number of aromatic nitrogens is 1. The fourth-order valence-corrected chi connectivity index (χ4v) is 5.21. The zero-order valence-corrected chi connectivity index (χ0v) is 17.1. The Balaban J connectivity index is 1.27. The van der Waals surface area contributed by atoms with E-state index in [1.165, 1.54) is 10.9 Å². The number of methoxy groups -OCH3 is 1. The Labute approximate surface area is 175 Å². The first-order valence-electron chi connectivity index (χ1n) is 10.6. The topological polar surface area (TPSA) is 83.7 Å². The van der Waals surface area contributed by atoms with Gasteiger partial charge in [-0.1, -0.05) is 30.4 Å². The summed E-state index contributed by atoms with van der Waals surface area (Å²) < 4.78 is 11.2. The molecule has 0 aliphatic carbocycles. The van der Waals surface area contributed by atoms with Gasteiger partial charge in [-0.25, -0.2) is 0 Å². The number of hydrogen-bond acceptors (Lipinski definition) is 4. The number of nitrogens with zero attached hydrogens (tertiary/aromatic N) is 1. The zero-order valence-electron chi connectivity index (χ0n) is 17.1. The number of H-pyrrole nitrogens is 1. The molecular weight excluding hydrogens is 382 g/mol. The third kappa shape index (κ3) is 3.04. The highest BCUT2D eigenvalue weighted by atomic mass is 16.5. The van der Waals surface area contributed by atoms with E-state index in [9.17, 15) is 9.59 Å². The minimum atomic E-state index is -0.656. The average molecular weight is 409 g/mol. The first-order valence-corrected chi connectivity index (χ1v) is 10.6. The predicted octanol–water partition coefficient (Wildman–Crippen LogP) is 1.65. The molecule has 1 aromatic carbocycles. The van der Waals surface area contributed by atoms with Gasteiger partial charge in [-0.2, -0.15) is 0 Å². The second kappa shape index (κ2) is 7.56. The van der Waals surface area contributed by atoms with Crippen LogP contribution in [0.3, 0.4) is 0 Å². The van der Waals surface area contributed by atoms with Crippen LogP contribution in [0.4, 0.5) is 0 Å². The number of amides is 2. The summed E-state index contributed by atoms with van der Waals surface area (Å²) in [6.07, 6.45) is 7.17. The number of benzene rings is 1. The van der Waals surface area contributed by atoms with E-state index < -0.39 is 17.4 Å². The van der Waals surface area contributed by atoms with Crippen molar-refractivity contribution < 1.29 is 19.1 Å². The number of fused-ring (bicyclic) bond motifs is 2. The lowest BCUT2D eigenvalue weighted by atomic mass is 9.77. The molecule has 2 saturated heterocycles. The molecule has 7 heteroatoms. The maximum absolute atomic E-state index is 13.3. The molecule has 2 fully saturated rings. The van der Waals surface area contributed by atoms with Crippen molar-refractivity contribution >= 4 is 22.7 Å². The molecule has 2 aromatic rings. The van der Waals surface area contributed by atoms with Crippen LogP contribution in [0.25, 0.3) is 10.9 Å². The van der Waals surface area contributed by atoms with Gasteiger partial charge in [0.2, 0.25) is 11.8 Å². The monoisotopic (exact) mass is 409 g/mol. The van der Waals surface area contributed by atoms with E-state index in [0.717, 1.165) is 18.4 Å². The molecule has 2 bridgehead atoms. The minimum absolute atomic E-state index is 0.0266. The van der Waals surface area contributed by atoms with Crippen LogP contribution in [0.15, 0.2) is 42.6 Å². The normalized spacial score (nSPS) is 29.2. The molecule has 30 heavy (non-hydrogen) atoms. The molecule has 1 spiro atoms. The van der Waals surface area contributed by atoms with Gasteiger partial charge in [0.05, 0.1) is 24.5 Å². The van der Waals surface area contributed by atoms with Crippen LogP contribution in [0.5, 0.6) is 0 Å². The van der Waals surface area contributed by atoms with E-state index in [2.05, 4.69) is 22.4 Å². The minimum Gasteiger partial charge on any atom is -0.385 e. The Morgan fingerprint density at radius 3 is 3.13 bits per heavy atom. The Hall–Kier alpha value is -2.64.